The summed E-state index contributed by atoms with van der Waals surface area (Å²) in [5, 5.41) is 14.5. The number of rotatable bonds is 4. The van der Waals surface area contributed by atoms with E-state index in [0.717, 1.165) is 4.88 Å². The van der Waals surface area contributed by atoms with Crippen LogP contribution in [-0.2, 0) is 0 Å². The average Bonchev–Trinajstić information content (AvgIpc) is 2.78. The maximum Gasteiger partial charge on any atom is 0.293 e. The zero-order valence-corrected chi connectivity index (χ0v) is 12.1. The SMILES string of the molecule is Cc1ccc(C(C)Nc2ccc(Cl)cc2[N+](=O)[O-])s1. The van der Waals surface area contributed by atoms with Gasteiger partial charge in [-0.1, -0.05) is 11.6 Å². The Balaban J connectivity index is 2.26. The molecule has 0 aliphatic rings. The number of anilines is 1. The van der Waals surface area contributed by atoms with Crippen LogP contribution in [0.15, 0.2) is 30.3 Å². The second-order valence-electron chi connectivity index (χ2n) is 4.23. The van der Waals surface area contributed by atoms with Crippen molar-refractivity contribution in [3.63, 3.8) is 0 Å². The Bertz CT molecular complexity index is 612. The van der Waals surface area contributed by atoms with Crippen LogP contribution in [0.25, 0.3) is 0 Å². The molecule has 1 aromatic heterocycles. The summed E-state index contributed by atoms with van der Waals surface area (Å²) in [6, 6.07) is 8.71. The largest absolute Gasteiger partial charge is 0.372 e. The summed E-state index contributed by atoms with van der Waals surface area (Å²) < 4.78 is 0. The van der Waals surface area contributed by atoms with Crippen molar-refractivity contribution in [2.24, 2.45) is 0 Å². The Morgan fingerprint density at radius 1 is 1.37 bits per heavy atom. The van der Waals surface area contributed by atoms with Gasteiger partial charge in [-0.3, -0.25) is 10.1 Å². The van der Waals surface area contributed by atoms with Crippen molar-refractivity contribution >= 4 is 34.3 Å². The molecular weight excluding hydrogens is 284 g/mol. The highest BCUT2D eigenvalue weighted by Crippen LogP contribution is 2.32. The third kappa shape index (κ3) is 3.24. The quantitative estimate of drug-likeness (QED) is 0.652. The number of nitro benzene ring substituents is 1. The molecule has 1 unspecified atom stereocenters. The molecular formula is C13H13ClN2O2S. The van der Waals surface area contributed by atoms with Gasteiger partial charge in [0.25, 0.3) is 5.69 Å². The highest BCUT2D eigenvalue weighted by molar-refractivity contribution is 7.12. The third-order valence-electron chi connectivity index (χ3n) is 2.72. The van der Waals surface area contributed by atoms with E-state index >= 15 is 0 Å². The lowest BCUT2D eigenvalue weighted by atomic mass is 10.2. The molecule has 2 aromatic rings. The van der Waals surface area contributed by atoms with Crippen LogP contribution in [0.1, 0.15) is 22.7 Å². The molecule has 0 saturated heterocycles. The first-order valence-electron chi connectivity index (χ1n) is 5.74. The lowest BCUT2D eigenvalue weighted by Crippen LogP contribution is -2.06. The molecule has 2 rings (SSSR count). The van der Waals surface area contributed by atoms with Crippen molar-refractivity contribution in [2.75, 3.05) is 5.32 Å². The fourth-order valence-corrected chi connectivity index (χ4v) is 2.81. The molecule has 4 nitrogen and oxygen atoms in total. The van der Waals surface area contributed by atoms with Crippen LogP contribution in [0.4, 0.5) is 11.4 Å². The zero-order chi connectivity index (χ0) is 14.0. The Hall–Kier alpha value is -1.59. The maximum atomic E-state index is 11.0. The summed E-state index contributed by atoms with van der Waals surface area (Å²) in [6.07, 6.45) is 0. The molecule has 0 aliphatic heterocycles. The summed E-state index contributed by atoms with van der Waals surface area (Å²) in [7, 11) is 0. The first kappa shape index (κ1) is 13.8. The predicted octanol–water partition coefficient (Wildman–Crippen LogP) is 4.79. The lowest BCUT2D eigenvalue weighted by Gasteiger charge is -2.13. The zero-order valence-electron chi connectivity index (χ0n) is 10.5. The normalized spacial score (nSPS) is 12.2. The van der Waals surface area contributed by atoms with Gasteiger partial charge >= 0.3 is 0 Å². The van der Waals surface area contributed by atoms with Crippen molar-refractivity contribution in [3.8, 4) is 0 Å². The number of nitro groups is 1. The van der Waals surface area contributed by atoms with Gasteiger partial charge in [-0.05, 0) is 38.1 Å². The number of nitrogens with zero attached hydrogens (tertiary/aromatic N) is 1. The van der Waals surface area contributed by atoms with E-state index in [9.17, 15) is 10.1 Å². The van der Waals surface area contributed by atoms with Gasteiger partial charge in [-0.2, -0.15) is 0 Å². The number of hydrogen-bond acceptors (Lipinski definition) is 4. The molecule has 0 spiro atoms. The second kappa shape index (κ2) is 5.59. The van der Waals surface area contributed by atoms with Crippen molar-refractivity contribution < 1.29 is 4.92 Å². The molecule has 0 bridgehead atoms. The number of nitrogens with one attached hydrogen (secondary N) is 1. The van der Waals surface area contributed by atoms with Gasteiger partial charge < -0.3 is 5.32 Å². The first-order valence-corrected chi connectivity index (χ1v) is 6.93. The van der Waals surface area contributed by atoms with E-state index in [2.05, 4.69) is 5.32 Å². The summed E-state index contributed by atoms with van der Waals surface area (Å²) in [5.74, 6) is 0. The topological polar surface area (TPSA) is 55.2 Å². The van der Waals surface area contributed by atoms with Crippen LogP contribution in [0.5, 0.6) is 0 Å². The predicted molar refractivity (Wildman–Crippen MR) is 79.2 cm³/mol. The number of halogens is 1. The van der Waals surface area contributed by atoms with Gasteiger partial charge in [-0.25, -0.2) is 0 Å². The molecule has 1 aromatic carbocycles. The Labute approximate surface area is 120 Å². The van der Waals surface area contributed by atoms with Gasteiger partial charge in [0.05, 0.1) is 11.0 Å². The Morgan fingerprint density at radius 2 is 2.11 bits per heavy atom. The molecule has 19 heavy (non-hydrogen) atoms. The summed E-state index contributed by atoms with van der Waals surface area (Å²) in [4.78, 5) is 12.9. The molecule has 1 N–H and O–H groups in total. The molecule has 100 valence electrons. The van der Waals surface area contributed by atoms with E-state index < -0.39 is 4.92 Å². The summed E-state index contributed by atoms with van der Waals surface area (Å²) in [5.41, 5.74) is 0.473. The van der Waals surface area contributed by atoms with Crippen molar-refractivity contribution in [1.29, 1.82) is 0 Å². The fourth-order valence-electron chi connectivity index (χ4n) is 1.77. The maximum absolute atomic E-state index is 11.0. The van der Waals surface area contributed by atoms with Crippen molar-refractivity contribution in [1.82, 2.24) is 0 Å². The molecule has 1 atom stereocenters. The Morgan fingerprint density at radius 3 is 2.68 bits per heavy atom. The lowest BCUT2D eigenvalue weighted by molar-refractivity contribution is -0.384. The Kier molecular flexibility index (Phi) is 4.07. The van der Waals surface area contributed by atoms with E-state index in [-0.39, 0.29) is 11.7 Å². The van der Waals surface area contributed by atoms with Crippen molar-refractivity contribution in [3.05, 3.63) is 55.2 Å². The summed E-state index contributed by atoms with van der Waals surface area (Å²) >= 11 is 7.46. The van der Waals surface area contributed by atoms with Gasteiger partial charge in [-0.15, -0.1) is 11.3 Å². The van der Waals surface area contributed by atoms with Crippen LogP contribution in [-0.4, -0.2) is 4.92 Å². The standard InChI is InChI=1S/C13H13ClN2O2S/c1-8-3-6-13(19-8)9(2)15-11-5-4-10(14)7-12(11)16(17)18/h3-7,9,15H,1-2H3. The first-order chi connectivity index (χ1) is 8.97. The van der Waals surface area contributed by atoms with Crippen LogP contribution in [0.2, 0.25) is 5.02 Å². The molecule has 0 fully saturated rings. The van der Waals surface area contributed by atoms with E-state index in [1.54, 1.807) is 23.5 Å². The molecule has 0 amide bonds. The van der Waals surface area contributed by atoms with E-state index in [1.807, 2.05) is 26.0 Å². The molecule has 1 heterocycles. The van der Waals surface area contributed by atoms with Crippen molar-refractivity contribution in [2.45, 2.75) is 19.9 Å². The average molecular weight is 297 g/mol. The van der Waals surface area contributed by atoms with Crippen LogP contribution in [0, 0.1) is 17.0 Å². The van der Waals surface area contributed by atoms with E-state index in [0.29, 0.717) is 10.7 Å². The van der Waals surface area contributed by atoms with Gasteiger partial charge in [0.2, 0.25) is 0 Å². The number of thiophene rings is 1. The van der Waals surface area contributed by atoms with E-state index in [1.165, 1.54) is 10.9 Å². The van der Waals surface area contributed by atoms with Gasteiger partial charge in [0.15, 0.2) is 0 Å². The van der Waals surface area contributed by atoms with Crippen LogP contribution in [0.3, 0.4) is 0 Å². The fraction of sp³-hybridized carbons (Fsp3) is 0.231. The smallest absolute Gasteiger partial charge is 0.293 e. The molecule has 6 heteroatoms. The minimum Gasteiger partial charge on any atom is -0.372 e. The van der Waals surface area contributed by atoms with Crippen LogP contribution < -0.4 is 5.32 Å². The summed E-state index contributed by atoms with van der Waals surface area (Å²) in [6.45, 7) is 4.01. The molecule has 0 saturated carbocycles. The van der Waals surface area contributed by atoms with Crippen LogP contribution >= 0.6 is 22.9 Å². The molecule has 0 radical (unpaired) electrons. The minimum atomic E-state index is -0.430. The monoisotopic (exact) mass is 296 g/mol. The number of hydrogen-bond donors (Lipinski definition) is 1. The molecule has 0 aliphatic carbocycles. The van der Waals surface area contributed by atoms with E-state index in [4.69, 9.17) is 11.6 Å². The third-order valence-corrected chi connectivity index (χ3v) is 4.13. The van der Waals surface area contributed by atoms with Gasteiger partial charge in [0, 0.05) is 20.8 Å². The minimum absolute atomic E-state index is 0.00683. The highest BCUT2D eigenvalue weighted by atomic mass is 35.5. The second-order valence-corrected chi connectivity index (χ2v) is 5.99. The number of aryl methyl sites for hydroxylation is 1. The number of benzene rings is 1. The highest BCUT2D eigenvalue weighted by Gasteiger charge is 2.17. The van der Waals surface area contributed by atoms with Gasteiger partial charge in [0.1, 0.15) is 5.69 Å².